The van der Waals surface area contributed by atoms with Crippen molar-refractivity contribution < 1.29 is 14.6 Å². The minimum absolute atomic E-state index is 0.151. The molecule has 0 unspecified atom stereocenters. The van der Waals surface area contributed by atoms with Gasteiger partial charge in [0.25, 0.3) is 0 Å². The molecule has 0 saturated carbocycles. The molecule has 3 nitrogen and oxygen atoms in total. The van der Waals surface area contributed by atoms with Gasteiger partial charge in [0.1, 0.15) is 0 Å². The van der Waals surface area contributed by atoms with Gasteiger partial charge in [-0.15, -0.1) is 0 Å². The molecule has 0 aliphatic carbocycles. The Balaban J connectivity index is 3.03. The Labute approximate surface area is 65.7 Å². The minimum atomic E-state index is -0.777. The van der Waals surface area contributed by atoms with Crippen LogP contribution in [0.15, 0.2) is 11.1 Å². The number of hydrogen-bond donors (Lipinski definition) is 1. The van der Waals surface area contributed by atoms with E-state index in [1.807, 2.05) is 0 Å². The maximum atomic E-state index is 11.0. The average molecular weight is 156 g/mol. The van der Waals surface area contributed by atoms with Gasteiger partial charge in [0.15, 0.2) is 5.60 Å². The van der Waals surface area contributed by atoms with E-state index in [0.717, 1.165) is 5.57 Å². The van der Waals surface area contributed by atoms with Crippen molar-refractivity contribution in [2.45, 2.75) is 26.4 Å². The van der Waals surface area contributed by atoms with Crippen molar-refractivity contribution in [3.05, 3.63) is 11.1 Å². The number of cyclic esters (lactones) is 1. The zero-order valence-electron chi connectivity index (χ0n) is 6.97. The normalized spacial score (nSPS) is 31.1. The second-order valence-corrected chi connectivity index (χ2v) is 3.03. The van der Waals surface area contributed by atoms with Crippen LogP contribution >= 0.6 is 0 Å². The summed E-state index contributed by atoms with van der Waals surface area (Å²) in [6.07, 6.45) is 0. The van der Waals surface area contributed by atoms with Crippen LogP contribution in [0.3, 0.4) is 0 Å². The molecule has 0 radical (unpaired) electrons. The fourth-order valence-electron chi connectivity index (χ4n) is 1.06. The molecule has 0 amide bonds. The Bertz CT molecular complexity index is 229. The van der Waals surface area contributed by atoms with Crippen LogP contribution in [0.4, 0.5) is 0 Å². The van der Waals surface area contributed by atoms with Gasteiger partial charge in [-0.1, -0.05) is 0 Å². The van der Waals surface area contributed by atoms with Gasteiger partial charge in [-0.2, -0.15) is 0 Å². The topological polar surface area (TPSA) is 46.5 Å². The Morgan fingerprint density at radius 2 is 2.09 bits per heavy atom. The Morgan fingerprint density at radius 1 is 1.55 bits per heavy atom. The van der Waals surface area contributed by atoms with E-state index in [-0.39, 0.29) is 12.6 Å². The van der Waals surface area contributed by atoms with Gasteiger partial charge < -0.3 is 9.84 Å². The van der Waals surface area contributed by atoms with E-state index in [0.29, 0.717) is 5.57 Å². The van der Waals surface area contributed by atoms with Crippen molar-refractivity contribution >= 4 is 5.97 Å². The molecule has 62 valence electrons. The van der Waals surface area contributed by atoms with E-state index in [4.69, 9.17) is 9.84 Å². The molecule has 11 heavy (non-hydrogen) atoms. The van der Waals surface area contributed by atoms with E-state index < -0.39 is 5.60 Å². The standard InChI is InChI=1S/C8H12O3/c1-5-6(2)8(3,4-9)11-7(5)10/h9H,4H2,1-3H3/t8-/m1/s1. The third-order valence-corrected chi connectivity index (χ3v) is 2.28. The van der Waals surface area contributed by atoms with Crippen LogP contribution in [-0.4, -0.2) is 23.3 Å². The van der Waals surface area contributed by atoms with E-state index in [9.17, 15) is 4.79 Å². The van der Waals surface area contributed by atoms with Crippen molar-refractivity contribution in [1.29, 1.82) is 0 Å². The van der Waals surface area contributed by atoms with Gasteiger partial charge >= 0.3 is 5.97 Å². The SMILES string of the molecule is CC1=C(C)[C@@](C)(CO)OC1=O. The summed E-state index contributed by atoms with van der Waals surface area (Å²) in [5, 5.41) is 8.92. The molecule has 1 aliphatic heterocycles. The summed E-state index contributed by atoms with van der Waals surface area (Å²) in [4.78, 5) is 11.0. The predicted molar refractivity (Wildman–Crippen MR) is 40.0 cm³/mol. The number of carbonyl (C=O) groups excluding carboxylic acids is 1. The first kappa shape index (κ1) is 8.27. The van der Waals surface area contributed by atoms with Gasteiger partial charge in [0.05, 0.1) is 6.61 Å². The van der Waals surface area contributed by atoms with Gasteiger partial charge in [-0.3, -0.25) is 0 Å². The zero-order valence-corrected chi connectivity index (χ0v) is 6.97. The third-order valence-electron chi connectivity index (χ3n) is 2.28. The fraction of sp³-hybridized carbons (Fsp3) is 0.625. The summed E-state index contributed by atoms with van der Waals surface area (Å²) in [6, 6.07) is 0. The number of aliphatic hydroxyl groups excluding tert-OH is 1. The number of esters is 1. The molecule has 0 aromatic carbocycles. The summed E-state index contributed by atoms with van der Waals surface area (Å²) < 4.78 is 4.96. The monoisotopic (exact) mass is 156 g/mol. The van der Waals surface area contributed by atoms with Crippen molar-refractivity contribution in [3.63, 3.8) is 0 Å². The van der Waals surface area contributed by atoms with E-state index in [1.165, 1.54) is 0 Å². The molecule has 1 atom stereocenters. The minimum Gasteiger partial charge on any atom is -0.449 e. The highest BCUT2D eigenvalue weighted by atomic mass is 16.6. The molecule has 0 spiro atoms. The van der Waals surface area contributed by atoms with Crippen LogP contribution < -0.4 is 0 Å². The summed E-state index contributed by atoms with van der Waals surface area (Å²) >= 11 is 0. The molecular formula is C8H12O3. The Kier molecular flexibility index (Phi) is 1.76. The lowest BCUT2D eigenvalue weighted by atomic mass is 9.97. The molecule has 1 N–H and O–H groups in total. The highest BCUT2D eigenvalue weighted by Gasteiger charge is 2.38. The van der Waals surface area contributed by atoms with Crippen LogP contribution in [0.2, 0.25) is 0 Å². The summed E-state index contributed by atoms with van der Waals surface area (Å²) in [5.74, 6) is -0.320. The predicted octanol–water partition coefficient (Wildman–Crippen LogP) is 0.631. The maximum Gasteiger partial charge on any atom is 0.334 e. The number of hydrogen-bond acceptors (Lipinski definition) is 3. The first-order valence-corrected chi connectivity index (χ1v) is 3.53. The quantitative estimate of drug-likeness (QED) is 0.566. The van der Waals surface area contributed by atoms with Crippen LogP contribution in [-0.2, 0) is 9.53 Å². The molecule has 1 heterocycles. The van der Waals surface area contributed by atoms with Crippen LogP contribution in [0.5, 0.6) is 0 Å². The van der Waals surface area contributed by atoms with Crippen LogP contribution in [0, 0.1) is 0 Å². The van der Waals surface area contributed by atoms with Crippen LogP contribution in [0.1, 0.15) is 20.8 Å². The molecule has 0 aromatic rings. The highest BCUT2D eigenvalue weighted by Crippen LogP contribution is 2.31. The lowest BCUT2D eigenvalue weighted by Gasteiger charge is -2.21. The lowest BCUT2D eigenvalue weighted by molar-refractivity contribution is -0.148. The lowest BCUT2D eigenvalue weighted by Crippen LogP contribution is -2.31. The molecular weight excluding hydrogens is 144 g/mol. The molecule has 0 fully saturated rings. The van der Waals surface area contributed by atoms with Crippen molar-refractivity contribution in [2.24, 2.45) is 0 Å². The molecule has 3 heteroatoms. The average Bonchev–Trinajstić information content (AvgIpc) is 2.17. The largest absolute Gasteiger partial charge is 0.449 e. The summed E-state index contributed by atoms with van der Waals surface area (Å²) in [7, 11) is 0. The number of rotatable bonds is 1. The van der Waals surface area contributed by atoms with E-state index in [2.05, 4.69) is 0 Å². The second-order valence-electron chi connectivity index (χ2n) is 3.03. The number of aliphatic hydroxyl groups is 1. The first-order chi connectivity index (χ1) is 5.01. The molecule has 0 aromatic heterocycles. The van der Waals surface area contributed by atoms with Gasteiger partial charge in [0, 0.05) is 5.57 Å². The highest BCUT2D eigenvalue weighted by molar-refractivity contribution is 5.92. The maximum absolute atomic E-state index is 11.0. The summed E-state index contributed by atoms with van der Waals surface area (Å²) in [6.45, 7) is 5.06. The molecule has 0 saturated heterocycles. The zero-order chi connectivity index (χ0) is 8.65. The van der Waals surface area contributed by atoms with Gasteiger partial charge in [0.2, 0.25) is 0 Å². The Hall–Kier alpha value is -0.830. The fourth-order valence-corrected chi connectivity index (χ4v) is 1.06. The van der Waals surface area contributed by atoms with Gasteiger partial charge in [-0.25, -0.2) is 4.79 Å². The molecule has 1 rings (SSSR count). The van der Waals surface area contributed by atoms with Crippen molar-refractivity contribution in [2.75, 3.05) is 6.61 Å². The summed E-state index contributed by atoms with van der Waals surface area (Å²) in [5.41, 5.74) is 0.660. The van der Waals surface area contributed by atoms with E-state index >= 15 is 0 Å². The smallest absolute Gasteiger partial charge is 0.334 e. The molecule has 1 aliphatic rings. The molecule has 0 bridgehead atoms. The van der Waals surface area contributed by atoms with Crippen LogP contribution in [0.25, 0.3) is 0 Å². The first-order valence-electron chi connectivity index (χ1n) is 3.53. The number of carbonyl (C=O) groups is 1. The van der Waals surface area contributed by atoms with E-state index in [1.54, 1.807) is 20.8 Å². The Morgan fingerprint density at radius 3 is 2.27 bits per heavy atom. The van der Waals surface area contributed by atoms with Crippen molar-refractivity contribution in [1.82, 2.24) is 0 Å². The van der Waals surface area contributed by atoms with Gasteiger partial charge in [-0.05, 0) is 26.3 Å². The number of ether oxygens (including phenoxy) is 1. The van der Waals surface area contributed by atoms with Crippen molar-refractivity contribution in [3.8, 4) is 0 Å². The third kappa shape index (κ3) is 1.05. The second kappa shape index (κ2) is 2.34.